The first kappa shape index (κ1) is 17.6. The lowest BCUT2D eigenvalue weighted by Crippen LogP contribution is -2.27. The molecule has 0 saturated carbocycles. The average molecular weight is 383 g/mol. The van der Waals surface area contributed by atoms with Crippen LogP contribution in [-0.4, -0.2) is 25.0 Å². The topological polar surface area (TPSA) is 64.4 Å². The van der Waals surface area contributed by atoms with Gasteiger partial charge in [-0.2, -0.15) is 8.42 Å². The predicted molar refractivity (Wildman–Crippen MR) is 104 cm³/mol. The van der Waals surface area contributed by atoms with Crippen LogP contribution in [0.3, 0.4) is 0 Å². The molecule has 0 atom stereocenters. The molecule has 2 heterocycles. The molecular formula is C20H21N3O3S. The van der Waals surface area contributed by atoms with Crippen molar-refractivity contribution in [3.63, 3.8) is 0 Å². The van der Waals surface area contributed by atoms with Gasteiger partial charge in [-0.05, 0) is 37.1 Å². The highest BCUT2D eigenvalue weighted by molar-refractivity contribution is 7.92. The summed E-state index contributed by atoms with van der Waals surface area (Å²) in [7, 11) is -2.25. The van der Waals surface area contributed by atoms with Gasteiger partial charge in [0.05, 0.1) is 5.69 Å². The number of anilines is 1. The third kappa shape index (κ3) is 3.42. The Morgan fingerprint density at radius 3 is 2.56 bits per heavy atom. The zero-order valence-electron chi connectivity index (χ0n) is 15.1. The van der Waals surface area contributed by atoms with Crippen molar-refractivity contribution in [2.24, 2.45) is 0 Å². The van der Waals surface area contributed by atoms with Crippen molar-refractivity contribution in [1.82, 2.24) is 9.55 Å². The van der Waals surface area contributed by atoms with Crippen LogP contribution >= 0.6 is 0 Å². The molecule has 0 aliphatic carbocycles. The highest BCUT2D eigenvalue weighted by atomic mass is 32.2. The summed E-state index contributed by atoms with van der Waals surface area (Å²) in [6.45, 7) is 0.815. The molecule has 4 rings (SSSR count). The molecule has 0 N–H and O–H groups in total. The first-order valence-electron chi connectivity index (χ1n) is 8.92. The molecule has 0 radical (unpaired) electrons. The number of benzene rings is 2. The molecule has 0 saturated heterocycles. The third-order valence-electron chi connectivity index (χ3n) is 4.69. The van der Waals surface area contributed by atoms with E-state index >= 15 is 0 Å². The molecule has 3 aromatic rings. The van der Waals surface area contributed by atoms with Crippen LogP contribution < -0.4 is 9.04 Å². The largest absolute Gasteiger partial charge is 0.455 e. The molecule has 0 spiro atoms. The summed E-state index contributed by atoms with van der Waals surface area (Å²) in [5.74, 6) is 1.95. The maximum absolute atomic E-state index is 13.1. The van der Waals surface area contributed by atoms with Gasteiger partial charge in [0.2, 0.25) is 0 Å². The van der Waals surface area contributed by atoms with Crippen molar-refractivity contribution in [2.75, 3.05) is 11.4 Å². The Balaban J connectivity index is 1.68. The van der Waals surface area contributed by atoms with Crippen LogP contribution in [-0.2, 0) is 23.0 Å². The van der Waals surface area contributed by atoms with E-state index < -0.39 is 10.0 Å². The molecule has 6 nitrogen and oxygen atoms in total. The van der Waals surface area contributed by atoms with Gasteiger partial charge < -0.3 is 9.30 Å². The minimum absolute atomic E-state index is 0.0800. The Bertz CT molecular complexity index is 1020. The molecule has 27 heavy (non-hydrogen) atoms. The SMILES string of the molecule is CN(c1ccccc1Oc1ccccc1)S(=O)(=O)c1cn2c(n1)CCCC2. The second-order valence-electron chi connectivity index (χ2n) is 6.50. The second-order valence-corrected chi connectivity index (χ2v) is 8.42. The van der Waals surface area contributed by atoms with Crippen LogP contribution in [0.15, 0.2) is 65.8 Å². The number of sulfonamides is 1. The van der Waals surface area contributed by atoms with Crippen molar-refractivity contribution in [2.45, 2.75) is 30.8 Å². The zero-order valence-corrected chi connectivity index (χ0v) is 15.9. The monoisotopic (exact) mass is 383 g/mol. The van der Waals surface area contributed by atoms with E-state index in [1.807, 2.05) is 41.0 Å². The number of nitrogens with zero attached hydrogens (tertiary/aromatic N) is 3. The summed E-state index contributed by atoms with van der Waals surface area (Å²) in [6.07, 6.45) is 4.54. The van der Waals surface area contributed by atoms with Crippen molar-refractivity contribution in [3.05, 3.63) is 66.6 Å². The quantitative estimate of drug-likeness (QED) is 0.672. The standard InChI is InChI=1S/C20H21N3O3S/c1-22(27(24,25)20-15-23-14-8-7-13-19(23)21-20)17-11-5-6-12-18(17)26-16-9-3-2-4-10-16/h2-6,9-12,15H,7-8,13-14H2,1H3. The van der Waals surface area contributed by atoms with Gasteiger partial charge in [0.15, 0.2) is 10.8 Å². The number of hydrogen-bond acceptors (Lipinski definition) is 4. The van der Waals surface area contributed by atoms with E-state index in [4.69, 9.17) is 4.74 Å². The molecule has 0 bridgehead atoms. The van der Waals surface area contributed by atoms with E-state index in [1.54, 1.807) is 24.4 Å². The van der Waals surface area contributed by atoms with Gasteiger partial charge >= 0.3 is 0 Å². The summed E-state index contributed by atoms with van der Waals surface area (Å²) in [6, 6.07) is 16.4. The lowest BCUT2D eigenvalue weighted by Gasteiger charge is -2.21. The Morgan fingerprint density at radius 2 is 1.78 bits per heavy atom. The van der Waals surface area contributed by atoms with Gasteiger partial charge in [-0.3, -0.25) is 4.31 Å². The normalized spacial score (nSPS) is 13.8. The minimum atomic E-state index is -3.78. The summed E-state index contributed by atoms with van der Waals surface area (Å²) in [5.41, 5.74) is 0.465. The molecule has 0 fully saturated rings. The molecular weight excluding hydrogens is 362 g/mol. The average Bonchev–Trinajstić information content (AvgIpc) is 3.14. The van der Waals surface area contributed by atoms with E-state index in [2.05, 4.69) is 4.98 Å². The summed E-state index contributed by atoms with van der Waals surface area (Å²) < 4.78 is 35.4. The second kappa shape index (κ2) is 7.08. The lowest BCUT2D eigenvalue weighted by molar-refractivity contribution is 0.483. The van der Waals surface area contributed by atoms with Gasteiger partial charge in [0.1, 0.15) is 11.6 Å². The van der Waals surface area contributed by atoms with Crippen LogP contribution in [0.1, 0.15) is 18.7 Å². The van der Waals surface area contributed by atoms with Gasteiger partial charge in [0.25, 0.3) is 10.0 Å². The summed E-state index contributed by atoms with van der Waals surface area (Å²) >= 11 is 0. The van der Waals surface area contributed by atoms with Crippen LogP contribution in [0.4, 0.5) is 5.69 Å². The first-order valence-corrected chi connectivity index (χ1v) is 10.4. The van der Waals surface area contributed by atoms with Gasteiger partial charge in [-0.15, -0.1) is 0 Å². The highest BCUT2D eigenvalue weighted by Gasteiger charge is 2.28. The van der Waals surface area contributed by atoms with Crippen molar-refractivity contribution in [3.8, 4) is 11.5 Å². The molecule has 1 aliphatic rings. The van der Waals surface area contributed by atoms with Crippen LogP contribution in [0, 0.1) is 0 Å². The molecule has 140 valence electrons. The molecule has 1 aliphatic heterocycles. The number of aryl methyl sites for hydroxylation is 2. The number of rotatable bonds is 5. The maximum Gasteiger partial charge on any atom is 0.283 e. The van der Waals surface area contributed by atoms with Crippen LogP contribution in [0.5, 0.6) is 11.5 Å². The first-order chi connectivity index (χ1) is 13.1. The van der Waals surface area contributed by atoms with Gasteiger partial charge in [-0.25, -0.2) is 4.98 Å². The van der Waals surface area contributed by atoms with E-state index in [9.17, 15) is 8.42 Å². The van der Waals surface area contributed by atoms with E-state index in [0.717, 1.165) is 31.6 Å². The van der Waals surface area contributed by atoms with E-state index in [1.165, 1.54) is 11.4 Å². The van der Waals surface area contributed by atoms with Gasteiger partial charge in [0, 0.05) is 26.2 Å². The smallest absolute Gasteiger partial charge is 0.283 e. The fourth-order valence-corrected chi connectivity index (χ4v) is 4.37. The minimum Gasteiger partial charge on any atom is -0.455 e. The molecule has 0 unspecified atom stereocenters. The fourth-order valence-electron chi connectivity index (χ4n) is 3.20. The third-order valence-corrected chi connectivity index (χ3v) is 6.33. The number of imidazole rings is 1. The number of fused-ring (bicyclic) bond motifs is 1. The van der Waals surface area contributed by atoms with E-state index in [-0.39, 0.29) is 5.03 Å². The number of aromatic nitrogens is 2. The maximum atomic E-state index is 13.1. The van der Waals surface area contributed by atoms with Crippen molar-refractivity contribution < 1.29 is 13.2 Å². The summed E-state index contributed by atoms with van der Waals surface area (Å²) in [5, 5.41) is 0.0800. The van der Waals surface area contributed by atoms with Gasteiger partial charge in [-0.1, -0.05) is 30.3 Å². The Hall–Kier alpha value is -2.80. The Labute approximate surface area is 159 Å². The number of para-hydroxylation sites is 3. The lowest BCUT2D eigenvalue weighted by atomic mass is 10.2. The van der Waals surface area contributed by atoms with Crippen molar-refractivity contribution >= 4 is 15.7 Å². The van der Waals surface area contributed by atoms with Crippen LogP contribution in [0.2, 0.25) is 0 Å². The fraction of sp³-hybridized carbons (Fsp3) is 0.250. The van der Waals surface area contributed by atoms with Crippen molar-refractivity contribution in [1.29, 1.82) is 0 Å². The highest BCUT2D eigenvalue weighted by Crippen LogP contribution is 2.34. The zero-order chi connectivity index (χ0) is 18.9. The number of ether oxygens (including phenoxy) is 1. The number of hydrogen-bond donors (Lipinski definition) is 0. The van der Waals surface area contributed by atoms with E-state index in [0.29, 0.717) is 17.2 Å². The predicted octanol–water partition coefficient (Wildman–Crippen LogP) is 3.84. The molecule has 0 amide bonds. The Morgan fingerprint density at radius 1 is 1.04 bits per heavy atom. The molecule has 7 heteroatoms. The van der Waals surface area contributed by atoms with Crippen LogP contribution in [0.25, 0.3) is 0 Å². The molecule has 1 aromatic heterocycles. The molecule has 2 aromatic carbocycles. The summed E-state index contributed by atoms with van der Waals surface area (Å²) in [4.78, 5) is 4.38. The Kier molecular flexibility index (Phi) is 4.61.